The number of carboxylic acid groups (broad SMARTS) is 1. The van der Waals surface area contributed by atoms with E-state index < -0.39 is 11.7 Å². The summed E-state index contributed by atoms with van der Waals surface area (Å²) in [4.78, 5) is 15.8. The fraction of sp³-hybridized carbons (Fsp3) is 0.235. The Labute approximate surface area is 133 Å². The van der Waals surface area contributed by atoms with E-state index in [1.54, 1.807) is 32.2 Å². The van der Waals surface area contributed by atoms with E-state index >= 15 is 0 Å². The predicted octanol–water partition coefficient (Wildman–Crippen LogP) is 2.83. The lowest BCUT2D eigenvalue weighted by atomic mass is 9.91. The molecule has 0 radical (unpaired) electrons. The molecule has 0 aliphatic carbocycles. The summed E-state index contributed by atoms with van der Waals surface area (Å²) in [5.74, 6) is -1.36. The van der Waals surface area contributed by atoms with E-state index in [1.165, 1.54) is 6.92 Å². The highest BCUT2D eigenvalue weighted by atomic mass is 16.5. The second-order valence-corrected chi connectivity index (χ2v) is 5.09. The van der Waals surface area contributed by atoms with Crippen LogP contribution in [0.4, 0.5) is 0 Å². The SMILES string of the molecule is COc1ccc(C(C)c2nc(C)c(O)c(C#N)c2C(=O)O)cc1. The van der Waals surface area contributed by atoms with Gasteiger partial charge in [-0.3, -0.25) is 4.98 Å². The Morgan fingerprint density at radius 2 is 1.96 bits per heavy atom. The van der Waals surface area contributed by atoms with Gasteiger partial charge >= 0.3 is 5.97 Å². The summed E-state index contributed by atoms with van der Waals surface area (Å²) in [6.45, 7) is 3.33. The molecule has 0 saturated carbocycles. The van der Waals surface area contributed by atoms with Crippen molar-refractivity contribution in [1.82, 2.24) is 4.98 Å². The van der Waals surface area contributed by atoms with Crippen molar-refractivity contribution in [3.05, 3.63) is 52.3 Å². The maximum absolute atomic E-state index is 11.6. The average Bonchev–Trinajstić information content (AvgIpc) is 2.55. The molecule has 0 fully saturated rings. The van der Waals surface area contributed by atoms with E-state index in [2.05, 4.69) is 4.98 Å². The van der Waals surface area contributed by atoms with Crippen molar-refractivity contribution in [2.45, 2.75) is 19.8 Å². The van der Waals surface area contributed by atoms with E-state index in [0.717, 1.165) is 5.56 Å². The summed E-state index contributed by atoms with van der Waals surface area (Å²) >= 11 is 0. The van der Waals surface area contributed by atoms with Gasteiger partial charge in [0.25, 0.3) is 0 Å². The Morgan fingerprint density at radius 1 is 1.35 bits per heavy atom. The van der Waals surface area contributed by atoms with Crippen LogP contribution >= 0.6 is 0 Å². The third-order valence-corrected chi connectivity index (χ3v) is 3.73. The molecule has 0 aliphatic rings. The molecule has 23 heavy (non-hydrogen) atoms. The molecular weight excluding hydrogens is 296 g/mol. The number of pyridine rings is 1. The number of nitriles is 1. The molecule has 2 rings (SSSR count). The first-order valence-electron chi connectivity index (χ1n) is 6.91. The van der Waals surface area contributed by atoms with Gasteiger partial charge in [-0.2, -0.15) is 5.26 Å². The van der Waals surface area contributed by atoms with Gasteiger partial charge in [0, 0.05) is 5.92 Å². The van der Waals surface area contributed by atoms with Crippen molar-refractivity contribution in [1.29, 1.82) is 5.26 Å². The van der Waals surface area contributed by atoms with Gasteiger partial charge in [-0.05, 0) is 24.6 Å². The van der Waals surface area contributed by atoms with Crippen LogP contribution in [0, 0.1) is 18.3 Å². The summed E-state index contributed by atoms with van der Waals surface area (Å²) < 4.78 is 5.10. The largest absolute Gasteiger partial charge is 0.505 e. The number of hydrogen-bond acceptors (Lipinski definition) is 5. The summed E-state index contributed by atoms with van der Waals surface area (Å²) in [6, 6.07) is 8.92. The number of hydrogen-bond donors (Lipinski definition) is 2. The molecule has 6 nitrogen and oxygen atoms in total. The molecule has 2 aromatic rings. The maximum atomic E-state index is 11.6. The van der Waals surface area contributed by atoms with Gasteiger partial charge in [-0.15, -0.1) is 0 Å². The van der Waals surface area contributed by atoms with Crippen LogP contribution < -0.4 is 4.74 Å². The molecule has 0 aliphatic heterocycles. The Morgan fingerprint density at radius 3 is 2.43 bits per heavy atom. The van der Waals surface area contributed by atoms with E-state index in [1.807, 2.05) is 12.1 Å². The Balaban J connectivity index is 2.63. The Bertz CT molecular complexity index is 792. The molecule has 118 valence electrons. The minimum Gasteiger partial charge on any atom is -0.505 e. The van der Waals surface area contributed by atoms with Gasteiger partial charge in [-0.25, -0.2) is 4.79 Å². The van der Waals surface area contributed by atoms with Crippen LogP contribution in [0.5, 0.6) is 11.5 Å². The molecule has 1 heterocycles. The molecule has 1 aromatic heterocycles. The molecule has 0 amide bonds. The first-order valence-corrected chi connectivity index (χ1v) is 6.91. The molecule has 1 unspecified atom stereocenters. The highest BCUT2D eigenvalue weighted by molar-refractivity contribution is 5.93. The van der Waals surface area contributed by atoms with E-state index in [9.17, 15) is 20.3 Å². The minimum atomic E-state index is -1.29. The van der Waals surface area contributed by atoms with Gasteiger partial charge in [0.05, 0.1) is 18.5 Å². The summed E-state index contributed by atoms with van der Waals surface area (Å²) in [5, 5.41) is 28.6. The fourth-order valence-corrected chi connectivity index (χ4v) is 2.41. The number of rotatable bonds is 4. The molecular formula is C17H16N2O4. The number of aryl methyl sites for hydroxylation is 1. The van der Waals surface area contributed by atoms with Crippen LogP contribution in [0.3, 0.4) is 0 Å². The zero-order chi connectivity index (χ0) is 17.1. The lowest BCUT2D eigenvalue weighted by Crippen LogP contribution is -2.13. The number of aromatic hydroxyl groups is 1. The van der Waals surface area contributed by atoms with Crippen molar-refractivity contribution < 1.29 is 19.7 Å². The molecule has 1 aromatic carbocycles. The number of aromatic carboxylic acids is 1. The Hall–Kier alpha value is -3.07. The Kier molecular flexibility index (Phi) is 4.51. The highest BCUT2D eigenvalue weighted by Crippen LogP contribution is 2.33. The van der Waals surface area contributed by atoms with Crippen molar-refractivity contribution in [2.75, 3.05) is 7.11 Å². The molecule has 6 heteroatoms. The monoisotopic (exact) mass is 312 g/mol. The third kappa shape index (κ3) is 2.94. The van der Waals surface area contributed by atoms with E-state index in [4.69, 9.17) is 4.74 Å². The number of carboxylic acids is 1. The second-order valence-electron chi connectivity index (χ2n) is 5.09. The summed E-state index contributed by atoms with van der Waals surface area (Å²) in [5.41, 5.74) is 0.769. The van der Waals surface area contributed by atoms with Gasteiger partial charge in [0.15, 0.2) is 5.75 Å². The molecule has 0 spiro atoms. The smallest absolute Gasteiger partial charge is 0.339 e. The maximum Gasteiger partial charge on any atom is 0.339 e. The van der Waals surface area contributed by atoms with Gasteiger partial charge in [-0.1, -0.05) is 19.1 Å². The lowest BCUT2D eigenvalue weighted by Gasteiger charge is -2.17. The van der Waals surface area contributed by atoms with Crippen molar-refractivity contribution in [3.63, 3.8) is 0 Å². The quantitative estimate of drug-likeness (QED) is 0.899. The first kappa shape index (κ1) is 16.3. The van der Waals surface area contributed by atoms with E-state index in [0.29, 0.717) is 5.75 Å². The number of benzene rings is 1. The highest BCUT2D eigenvalue weighted by Gasteiger charge is 2.26. The number of nitrogens with zero attached hydrogens (tertiary/aromatic N) is 2. The first-order chi connectivity index (χ1) is 10.9. The van der Waals surface area contributed by atoms with Crippen LogP contribution in [-0.2, 0) is 0 Å². The second kappa shape index (κ2) is 6.36. The van der Waals surface area contributed by atoms with Crippen LogP contribution in [0.25, 0.3) is 0 Å². The van der Waals surface area contributed by atoms with Gasteiger partial charge < -0.3 is 14.9 Å². The summed E-state index contributed by atoms with van der Waals surface area (Å²) in [6.07, 6.45) is 0. The van der Waals surface area contributed by atoms with Crippen LogP contribution in [0.2, 0.25) is 0 Å². The number of methoxy groups -OCH3 is 1. The zero-order valence-corrected chi connectivity index (χ0v) is 13.0. The molecule has 1 atom stereocenters. The number of carbonyl (C=O) groups is 1. The zero-order valence-electron chi connectivity index (χ0n) is 13.0. The van der Waals surface area contributed by atoms with Crippen LogP contribution in [0.15, 0.2) is 24.3 Å². The number of ether oxygens (including phenoxy) is 1. The minimum absolute atomic E-state index is 0.224. The molecule has 2 N–H and O–H groups in total. The van der Waals surface area contributed by atoms with Crippen molar-refractivity contribution in [2.24, 2.45) is 0 Å². The predicted molar refractivity (Wildman–Crippen MR) is 82.8 cm³/mol. The van der Waals surface area contributed by atoms with Crippen LogP contribution in [0.1, 0.15) is 45.7 Å². The fourth-order valence-electron chi connectivity index (χ4n) is 2.41. The normalized spacial score (nSPS) is 11.6. The summed E-state index contributed by atoms with van der Waals surface area (Å²) in [7, 11) is 1.56. The molecule has 0 saturated heterocycles. The van der Waals surface area contributed by atoms with Crippen LogP contribution in [-0.4, -0.2) is 28.3 Å². The lowest BCUT2D eigenvalue weighted by molar-refractivity contribution is 0.0694. The third-order valence-electron chi connectivity index (χ3n) is 3.73. The molecule has 0 bridgehead atoms. The van der Waals surface area contributed by atoms with Crippen molar-refractivity contribution in [3.8, 4) is 17.6 Å². The standard InChI is InChI=1S/C17H16N2O4/c1-9(11-4-6-12(23-3)7-5-11)15-14(17(21)22)13(8-18)16(20)10(2)19-15/h4-7,9,20H,1-3H3,(H,21,22). The average molecular weight is 312 g/mol. The van der Waals surface area contributed by atoms with Crippen molar-refractivity contribution >= 4 is 5.97 Å². The topological polar surface area (TPSA) is 103 Å². The number of aromatic nitrogens is 1. The van der Waals surface area contributed by atoms with Gasteiger partial charge in [0.2, 0.25) is 0 Å². The van der Waals surface area contributed by atoms with E-state index in [-0.39, 0.29) is 28.4 Å². The van der Waals surface area contributed by atoms with Gasteiger partial charge in [0.1, 0.15) is 22.9 Å².